The second-order valence-corrected chi connectivity index (χ2v) is 8.21. The number of nitrogens with zero attached hydrogens (tertiary/aromatic N) is 2. The van der Waals surface area contributed by atoms with Crippen molar-refractivity contribution in [2.75, 3.05) is 32.6 Å². The zero-order valence-electron chi connectivity index (χ0n) is 18.6. The summed E-state index contributed by atoms with van der Waals surface area (Å²) in [5.41, 5.74) is 1.93. The average Bonchev–Trinajstić information content (AvgIpc) is 2.80. The normalized spacial score (nSPS) is 18.1. The van der Waals surface area contributed by atoms with Crippen molar-refractivity contribution in [1.29, 1.82) is 0 Å². The summed E-state index contributed by atoms with van der Waals surface area (Å²) in [5.74, 6) is 0.977. The Kier molecular flexibility index (Phi) is 10.6. The number of piperidine rings is 1. The smallest absolute Gasteiger partial charge is 0.308 e. The molecule has 172 valence electrons. The summed E-state index contributed by atoms with van der Waals surface area (Å²) in [4.78, 5) is 30.8. The Labute approximate surface area is 202 Å². The number of rotatable bonds is 5. The van der Waals surface area contributed by atoms with Crippen LogP contribution in [0, 0.1) is 11.8 Å². The number of likely N-dealkylation sites (tertiary alicyclic amines) is 1. The number of nitrogens with one attached hydrogen (secondary N) is 2. The van der Waals surface area contributed by atoms with Crippen LogP contribution in [-0.2, 0) is 20.9 Å². The van der Waals surface area contributed by atoms with E-state index in [1.165, 1.54) is 13.5 Å². The predicted octanol–water partition coefficient (Wildman–Crippen LogP) is 3.78. The van der Waals surface area contributed by atoms with E-state index >= 15 is 0 Å². The number of carbonyl (C=O) groups is 2. The van der Waals surface area contributed by atoms with Crippen LogP contribution in [0.4, 0.5) is 5.69 Å². The first-order valence-corrected chi connectivity index (χ1v) is 11.0. The summed E-state index contributed by atoms with van der Waals surface area (Å²) in [5, 5.41) is 6.49. The van der Waals surface area contributed by atoms with E-state index in [0.29, 0.717) is 6.54 Å². The molecule has 0 radical (unpaired) electrons. The van der Waals surface area contributed by atoms with E-state index in [9.17, 15) is 9.59 Å². The highest BCUT2D eigenvalue weighted by Crippen LogP contribution is 2.25. The van der Waals surface area contributed by atoms with Crippen LogP contribution in [0.2, 0.25) is 0 Å². The van der Waals surface area contributed by atoms with Crippen LogP contribution in [0.25, 0.3) is 0 Å². The zero-order valence-corrected chi connectivity index (χ0v) is 20.9. The van der Waals surface area contributed by atoms with Crippen molar-refractivity contribution in [3.05, 3.63) is 29.8 Å². The first kappa shape index (κ1) is 25.4. The predicted molar refractivity (Wildman–Crippen MR) is 134 cm³/mol. The molecule has 31 heavy (non-hydrogen) atoms. The molecular formula is C23H35IN4O3. The maximum absolute atomic E-state index is 12.5. The number of halogens is 1. The number of amides is 1. The largest absolute Gasteiger partial charge is 0.469 e. The highest BCUT2D eigenvalue weighted by molar-refractivity contribution is 14.0. The fourth-order valence-electron chi connectivity index (χ4n) is 4.38. The number of methoxy groups -OCH3 is 1. The summed E-state index contributed by atoms with van der Waals surface area (Å²) < 4.78 is 4.86. The number of carbonyl (C=O) groups excluding carboxylic acids is 2. The fraction of sp³-hybridized carbons (Fsp3) is 0.609. The molecule has 1 aliphatic carbocycles. The highest BCUT2D eigenvalue weighted by Gasteiger charge is 2.27. The Bertz CT molecular complexity index is 757. The molecular weight excluding hydrogens is 507 g/mol. The lowest BCUT2D eigenvalue weighted by Gasteiger charge is -2.33. The van der Waals surface area contributed by atoms with Crippen molar-refractivity contribution < 1.29 is 14.3 Å². The van der Waals surface area contributed by atoms with E-state index in [1.807, 2.05) is 24.3 Å². The maximum Gasteiger partial charge on any atom is 0.308 e. The summed E-state index contributed by atoms with van der Waals surface area (Å²) >= 11 is 0. The lowest BCUT2D eigenvalue weighted by atomic mass is 9.88. The Morgan fingerprint density at radius 2 is 1.81 bits per heavy atom. The minimum Gasteiger partial charge on any atom is -0.469 e. The van der Waals surface area contributed by atoms with Gasteiger partial charge < -0.3 is 20.3 Å². The zero-order chi connectivity index (χ0) is 21.3. The molecule has 1 aromatic rings. The third-order valence-electron chi connectivity index (χ3n) is 6.16. The van der Waals surface area contributed by atoms with Gasteiger partial charge in [0.2, 0.25) is 5.91 Å². The lowest BCUT2D eigenvalue weighted by molar-refractivity contribution is -0.146. The van der Waals surface area contributed by atoms with Crippen molar-refractivity contribution in [2.45, 2.75) is 51.5 Å². The Morgan fingerprint density at radius 3 is 2.45 bits per heavy atom. The first-order valence-electron chi connectivity index (χ1n) is 11.0. The second-order valence-electron chi connectivity index (χ2n) is 8.21. The van der Waals surface area contributed by atoms with Crippen molar-refractivity contribution in [3.8, 4) is 0 Å². The number of esters is 1. The van der Waals surface area contributed by atoms with E-state index < -0.39 is 0 Å². The standard InChI is InChI=1S/C23H34N4O3.HI/c1-24-23(27-13-11-19(12-14-27)22(29)30-2)25-16-17-7-6-10-20(15-17)26-21(28)18-8-4-3-5-9-18;/h6-7,10,15,18-19H,3-5,8-9,11-14,16H2,1-2H3,(H,24,25)(H,26,28);1H. The number of hydrogen-bond donors (Lipinski definition) is 2. The summed E-state index contributed by atoms with van der Waals surface area (Å²) in [6, 6.07) is 7.97. The van der Waals surface area contributed by atoms with Gasteiger partial charge in [0.05, 0.1) is 13.0 Å². The van der Waals surface area contributed by atoms with Crippen LogP contribution < -0.4 is 10.6 Å². The minimum atomic E-state index is -0.121. The summed E-state index contributed by atoms with van der Waals surface area (Å²) in [7, 11) is 3.22. The number of ether oxygens (including phenoxy) is 1. The van der Waals surface area contributed by atoms with Gasteiger partial charge in [-0.05, 0) is 43.4 Å². The van der Waals surface area contributed by atoms with Crippen LogP contribution in [0.5, 0.6) is 0 Å². The molecule has 3 rings (SSSR count). The molecule has 1 saturated heterocycles. The molecule has 1 saturated carbocycles. The number of benzene rings is 1. The molecule has 1 aliphatic heterocycles. The first-order chi connectivity index (χ1) is 14.6. The van der Waals surface area contributed by atoms with Crippen molar-refractivity contribution >= 4 is 47.5 Å². The third kappa shape index (κ3) is 7.36. The van der Waals surface area contributed by atoms with Gasteiger partial charge in [0, 0.05) is 38.3 Å². The van der Waals surface area contributed by atoms with E-state index in [2.05, 4.69) is 20.5 Å². The third-order valence-corrected chi connectivity index (χ3v) is 6.16. The van der Waals surface area contributed by atoms with E-state index in [-0.39, 0.29) is 47.7 Å². The average molecular weight is 542 g/mol. The maximum atomic E-state index is 12.5. The van der Waals surface area contributed by atoms with Gasteiger partial charge in [0.1, 0.15) is 0 Å². The van der Waals surface area contributed by atoms with E-state index in [0.717, 1.165) is 68.8 Å². The lowest BCUT2D eigenvalue weighted by Crippen LogP contribution is -2.46. The summed E-state index contributed by atoms with van der Waals surface area (Å²) in [6.07, 6.45) is 7.08. The molecule has 2 fully saturated rings. The van der Waals surface area contributed by atoms with Crippen LogP contribution in [-0.4, -0.2) is 50.0 Å². The Morgan fingerprint density at radius 1 is 1.10 bits per heavy atom. The van der Waals surface area contributed by atoms with E-state index in [1.54, 1.807) is 7.05 Å². The molecule has 1 aromatic carbocycles. The SMILES string of the molecule is CN=C(NCc1cccc(NC(=O)C2CCCCC2)c1)N1CCC(C(=O)OC)CC1.I. The Balaban J connectivity index is 0.00000341. The van der Waals surface area contributed by atoms with Gasteiger partial charge >= 0.3 is 5.97 Å². The molecule has 0 atom stereocenters. The highest BCUT2D eigenvalue weighted by atomic mass is 127. The number of aliphatic imine (C=N–C) groups is 1. The molecule has 0 unspecified atom stereocenters. The second kappa shape index (κ2) is 12.9. The molecule has 0 spiro atoms. The quantitative estimate of drug-likeness (QED) is 0.256. The van der Waals surface area contributed by atoms with E-state index in [4.69, 9.17) is 4.74 Å². The van der Waals surface area contributed by atoms with Gasteiger partial charge in [-0.25, -0.2) is 0 Å². The van der Waals surface area contributed by atoms with Gasteiger partial charge in [-0.15, -0.1) is 24.0 Å². The number of hydrogen-bond acceptors (Lipinski definition) is 4. The molecule has 0 bridgehead atoms. The molecule has 7 nitrogen and oxygen atoms in total. The monoisotopic (exact) mass is 542 g/mol. The van der Waals surface area contributed by atoms with Gasteiger partial charge in [-0.1, -0.05) is 31.4 Å². The molecule has 1 heterocycles. The van der Waals surface area contributed by atoms with Crippen LogP contribution in [0.3, 0.4) is 0 Å². The topological polar surface area (TPSA) is 83.0 Å². The minimum absolute atomic E-state index is 0. The van der Waals surface area contributed by atoms with Gasteiger partial charge in [0.25, 0.3) is 0 Å². The molecule has 2 N–H and O–H groups in total. The van der Waals surface area contributed by atoms with Crippen molar-refractivity contribution in [2.24, 2.45) is 16.8 Å². The van der Waals surface area contributed by atoms with Crippen molar-refractivity contribution in [1.82, 2.24) is 10.2 Å². The van der Waals surface area contributed by atoms with Crippen LogP contribution >= 0.6 is 24.0 Å². The Hall–Kier alpha value is -1.84. The summed E-state index contributed by atoms with van der Waals surface area (Å²) in [6.45, 7) is 2.17. The van der Waals surface area contributed by atoms with Gasteiger partial charge in [0.15, 0.2) is 5.96 Å². The molecule has 1 amide bonds. The molecule has 8 heteroatoms. The number of guanidine groups is 1. The fourth-order valence-corrected chi connectivity index (χ4v) is 4.38. The molecule has 0 aromatic heterocycles. The van der Waals surface area contributed by atoms with Gasteiger partial charge in [-0.3, -0.25) is 14.6 Å². The van der Waals surface area contributed by atoms with Crippen LogP contribution in [0.15, 0.2) is 29.3 Å². The molecule has 2 aliphatic rings. The van der Waals surface area contributed by atoms with Crippen molar-refractivity contribution in [3.63, 3.8) is 0 Å². The van der Waals surface area contributed by atoms with Gasteiger partial charge in [-0.2, -0.15) is 0 Å². The number of anilines is 1. The van der Waals surface area contributed by atoms with Crippen LogP contribution in [0.1, 0.15) is 50.5 Å².